The minimum atomic E-state index is 0.213. The number of ether oxygens (including phenoxy) is 2. The number of hydrogen-bond donors (Lipinski definition) is 1. The first-order chi connectivity index (χ1) is 10.1. The van der Waals surface area contributed by atoms with Crippen molar-refractivity contribution in [1.29, 1.82) is 0 Å². The van der Waals surface area contributed by atoms with Crippen LogP contribution in [-0.2, 0) is 0 Å². The molecule has 118 valence electrons. The third-order valence-electron chi connectivity index (χ3n) is 3.04. The topological polar surface area (TPSA) is 30.5 Å². The molecule has 0 saturated heterocycles. The Morgan fingerprint density at radius 3 is 2.33 bits per heavy atom. The molecule has 0 heterocycles. The standard InChI is InChI=1S/C18H29NO2/c1-6-11-19-16(12-14(4)5)15-9-10-17(20-7-2)18(13-15)21-8-3/h9-10,12-13,16,19H,6-8,11H2,1-5H3. The van der Waals surface area contributed by atoms with Crippen molar-refractivity contribution >= 4 is 0 Å². The van der Waals surface area contributed by atoms with E-state index in [4.69, 9.17) is 9.47 Å². The molecule has 3 heteroatoms. The summed E-state index contributed by atoms with van der Waals surface area (Å²) in [5.41, 5.74) is 2.51. The molecule has 3 nitrogen and oxygen atoms in total. The highest BCUT2D eigenvalue weighted by atomic mass is 16.5. The molecule has 0 aromatic heterocycles. The lowest BCUT2D eigenvalue weighted by Gasteiger charge is -2.18. The molecule has 0 amide bonds. The zero-order valence-corrected chi connectivity index (χ0v) is 14.0. The van der Waals surface area contributed by atoms with Crippen LogP contribution in [0.3, 0.4) is 0 Å². The summed E-state index contributed by atoms with van der Waals surface area (Å²) in [6.07, 6.45) is 3.36. The zero-order valence-electron chi connectivity index (χ0n) is 14.0. The predicted molar refractivity (Wildman–Crippen MR) is 89.2 cm³/mol. The van der Waals surface area contributed by atoms with Gasteiger partial charge in [0, 0.05) is 0 Å². The van der Waals surface area contributed by atoms with Crippen molar-refractivity contribution in [3.8, 4) is 11.5 Å². The Balaban J connectivity index is 3.06. The second-order valence-electron chi connectivity index (χ2n) is 5.25. The van der Waals surface area contributed by atoms with Crippen molar-refractivity contribution in [2.24, 2.45) is 0 Å². The predicted octanol–water partition coefficient (Wildman–Crippen LogP) is 4.49. The van der Waals surface area contributed by atoms with E-state index in [9.17, 15) is 0 Å². The minimum absolute atomic E-state index is 0.213. The molecule has 1 rings (SSSR count). The molecule has 0 aliphatic heterocycles. The van der Waals surface area contributed by atoms with Crippen LogP contribution in [0.25, 0.3) is 0 Å². The van der Waals surface area contributed by atoms with Gasteiger partial charge in [0.2, 0.25) is 0 Å². The van der Waals surface area contributed by atoms with Crippen LogP contribution in [0.1, 0.15) is 52.6 Å². The molecule has 0 radical (unpaired) electrons. The van der Waals surface area contributed by atoms with Crippen LogP contribution in [-0.4, -0.2) is 19.8 Å². The maximum absolute atomic E-state index is 5.72. The Hall–Kier alpha value is -1.48. The maximum atomic E-state index is 5.72. The average molecular weight is 291 g/mol. The summed E-state index contributed by atoms with van der Waals surface area (Å²) in [5, 5.41) is 3.57. The molecular weight excluding hydrogens is 262 g/mol. The molecule has 0 saturated carbocycles. The van der Waals surface area contributed by atoms with Gasteiger partial charge in [0.15, 0.2) is 11.5 Å². The van der Waals surface area contributed by atoms with E-state index in [0.717, 1.165) is 24.5 Å². The van der Waals surface area contributed by atoms with E-state index in [1.54, 1.807) is 0 Å². The van der Waals surface area contributed by atoms with Gasteiger partial charge in [-0.05, 0) is 58.4 Å². The van der Waals surface area contributed by atoms with Gasteiger partial charge in [0.05, 0.1) is 19.3 Å². The van der Waals surface area contributed by atoms with Crippen molar-refractivity contribution < 1.29 is 9.47 Å². The SMILES string of the molecule is CCCNC(C=C(C)C)c1ccc(OCC)c(OCC)c1. The number of hydrogen-bond acceptors (Lipinski definition) is 3. The quantitative estimate of drug-likeness (QED) is 0.680. The Bertz CT molecular complexity index is 451. The smallest absolute Gasteiger partial charge is 0.161 e. The van der Waals surface area contributed by atoms with Crippen molar-refractivity contribution in [2.45, 2.75) is 47.1 Å². The normalized spacial score (nSPS) is 11.9. The van der Waals surface area contributed by atoms with E-state index < -0.39 is 0 Å². The summed E-state index contributed by atoms with van der Waals surface area (Å²) in [7, 11) is 0. The van der Waals surface area contributed by atoms with Gasteiger partial charge in [0.1, 0.15) is 0 Å². The van der Waals surface area contributed by atoms with Crippen LogP contribution in [0.2, 0.25) is 0 Å². The van der Waals surface area contributed by atoms with E-state index >= 15 is 0 Å². The van der Waals surface area contributed by atoms with Gasteiger partial charge in [0.25, 0.3) is 0 Å². The van der Waals surface area contributed by atoms with Crippen LogP contribution >= 0.6 is 0 Å². The second kappa shape index (κ2) is 9.46. The van der Waals surface area contributed by atoms with E-state index in [1.165, 1.54) is 11.1 Å². The first-order valence-corrected chi connectivity index (χ1v) is 7.90. The fourth-order valence-electron chi connectivity index (χ4n) is 2.17. The molecule has 0 fully saturated rings. The van der Waals surface area contributed by atoms with Crippen molar-refractivity contribution in [3.63, 3.8) is 0 Å². The molecule has 1 atom stereocenters. The number of nitrogens with one attached hydrogen (secondary N) is 1. The Labute approximate surface area is 129 Å². The zero-order chi connectivity index (χ0) is 15.7. The first kappa shape index (κ1) is 17.6. The largest absolute Gasteiger partial charge is 0.490 e. The number of benzene rings is 1. The first-order valence-electron chi connectivity index (χ1n) is 7.90. The lowest BCUT2D eigenvalue weighted by Crippen LogP contribution is -2.20. The van der Waals surface area contributed by atoms with Crippen LogP contribution in [0.4, 0.5) is 0 Å². The van der Waals surface area contributed by atoms with Crippen molar-refractivity contribution in [3.05, 3.63) is 35.4 Å². The molecule has 1 unspecified atom stereocenters. The fourth-order valence-corrected chi connectivity index (χ4v) is 2.17. The molecule has 1 aromatic rings. The fraction of sp³-hybridized carbons (Fsp3) is 0.556. The molecular formula is C18H29NO2. The summed E-state index contributed by atoms with van der Waals surface area (Å²) in [6.45, 7) is 12.7. The highest BCUT2D eigenvalue weighted by molar-refractivity contribution is 5.44. The minimum Gasteiger partial charge on any atom is -0.490 e. The van der Waals surface area contributed by atoms with E-state index in [-0.39, 0.29) is 6.04 Å². The van der Waals surface area contributed by atoms with Gasteiger partial charge in [-0.25, -0.2) is 0 Å². The van der Waals surface area contributed by atoms with Gasteiger partial charge < -0.3 is 14.8 Å². The molecule has 1 aromatic carbocycles. The van der Waals surface area contributed by atoms with Crippen molar-refractivity contribution in [1.82, 2.24) is 5.32 Å². The van der Waals surface area contributed by atoms with E-state index in [1.807, 2.05) is 19.9 Å². The summed E-state index contributed by atoms with van der Waals surface area (Å²) in [4.78, 5) is 0. The van der Waals surface area contributed by atoms with Gasteiger partial charge in [-0.15, -0.1) is 0 Å². The highest BCUT2D eigenvalue weighted by Gasteiger charge is 2.12. The summed E-state index contributed by atoms with van der Waals surface area (Å²) >= 11 is 0. The van der Waals surface area contributed by atoms with Gasteiger partial charge in [-0.3, -0.25) is 0 Å². The number of allylic oxidation sites excluding steroid dienone is 1. The molecule has 1 N–H and O–H groups in total. The maximum Gasteiger partial charge on any atom is 0.161 e. The summed E-state index contributed by atoms with van der Waals surface area (Å²) < 4.78 is 11.3. The van der Waals surface area contributed by atoms with E-state index in [2.05, 4.69) is 44.3 Å². The molecule has 0 spiro atoms. The molecule has 0 aliphatic carbocycles. The van der Waals surface area contributed by atoms with Gasteiger partial charge >= 0.3 is 0 Å². The summed E-state index contributed by atoms with van der Waals surface area (Å²) in [5.74, 6) is 1.64. The lowest BCUT2D eigenvalue weighted by molar-refractivity contribution is 0.287. The van der Waals surface area contributed by atoms with Crippen LogP contribution in [0.5, 0.6) is 11.5 Å². The van der Waals surface area contributed by atoms with E-state index in [0.29, 0.717) is 13.2 Å². The summed E-state index contributed by atoms with van der Waals surface area (Å²) in [6, 6.07) is 6.41. The Kier molecular flexibility index (Phi) is 7.91. The second-order valence-corrected chi connectivity index (χ2v) is 5.25. The monoisotopic (exact) mass is 291 g/mol. The highest BCUT2D eigenvalue weighted by Crippen LogP contribution is 2.31. The third kappa shape index (κ3) is 5.80. The van der Waals surface area contributed by atoms with Crippen molar-refractivity contribution in [2.75, 3.05) is 19.8 Å². The lowest BCUT2D eigenvalue weighted by atomic mass is 10.0. The molecule has 0 aliphatic rings. The van der Waals surface area contributed by atoms with Crippen LogP contribution in [0, 0.1) is 0 Å². The average Bonchev–Trinajstić information content (AvgIpc) is 2.45. The molecule has 21 heavy (non-hydrogen) atoms. The van der Waals surface area contributed by atoms with Gasteiger partial charge in [-0.1, -0.05) is 24.6 Å². The number of rotatable bonds is 9. The molecule has 0 bridgehead atoms. The Morgan fingerprint density at radius 2 is 1.76 bits per heavy atom. The third-order valence-corrected chi connectivity index (χ3v) is 3.04. The Morgan fingerprint density at radius 1 is 1.10 bits per heavy atom. The van der Waals surface area contributed by atoms with Crippen LogP contribution in [0.15, 0.2) is 29.8 Å². The van der Waals surface area contributed by atoms with Crippen LogP contribution < -0.4 is 14.8 Å². The van der Waals surface area contributed by atoms with Gasteiger partial charge in [-0.2, -0.15) is 0 Å².